The van der Waals surface area contributed by atoms with Crippen molar-refractivity contribution in [3.63, 3.8) is 0 Å². The molecule has 3 rings (SSSR count). The lowest BCUT2D eigenvalue weighted by Gasteiger charge is -2.13. The molecule has 6 nitrogen and oxygen atoms in total. The average molecular weight is 298 g/mol. The van der Waals surface area contributed by atoms with Crippen molar-refractivity contribution in [1.82, 2.24) is 9.55 Å². The standard InChI is InChI=1S/C16H14N2O4/c1-9-17-11-8-14(20)15(22-2)7-10(11)16(21)18(9)12-5-3-4-6-13(12)19/h3-8,19-20H,1-2H3. The molecule has 0 spiro atoms. The first-order chi connectivity index (χ1) is 10.5. The molecule has 22 heavy (non-hydrogen) atoms. The monoisotopic (exact) mass is 298 g/mol. The van der Waals surface area contributed by atoms with Crippen LogP contribution in [0.15, 0.2) is 41.2 Å². The third-order valence-corrected chi connectivity index (χ3v) is 3.46. The fourth-order valence-electron chi connectivity index (χ4n) is 2.41. The SMILES string of the molecule is COc1cc2c(=O)n(-c3ccccc3O)c(C)nc2cc1O. The number of aryl methyl sites for hydroxylation is 1. The number of aromatic hydroxyl groups is 2. The maximum atomic E-state index is 12.8. The highest BCUT2D eigenvalue weighted by molar-refractivity contribution is 5.82. The second-order valence-corrected chi connectivity index (χ2v) is 4.83. The van der Waals surface area contributed by atoms with E-state index in [4.69, 9.17) is 4.74 Å². The Morgan fingerprint density at radius 1 is 1.14 bits per heavy atom. The number of rotatable bonds is 2. The van der Waals surface area contributed by atoms with Crippen molar-refractivity contribution in [2.75, 3.05) is 7.11 Å². The number of fused-ring (bicyclic) bond motifs is 1. The molecule has 2 N–H and O–H groups in total. The molecule has 6 heteroatoms. The first-order valence-electron chi connectivity index (χ1n) is 6.61. The van der Waals surface area contributed by atoms with Crippen molar-refractivity contribution in [2.45, 2.75) is 6.92 Å². The molecule has 0 amide bonds. The number of nitrogens with zero attached hydrogens (tertiary/aromatic N) is 2. The number of benzene rings is 2. The summed E-state index contributed by atoms with van der Waals surface area (Å²) in [6, 6.07) is 9.36. The molecule has 0 radical (unpaired) electrons. The number of phenolic OH excluding ortho intramolecular Hbond substituents is 2. The van der Waals surface area contributed by atoms with E-state index in [0.717, 1.165) is 0 Å². The predicted molar refractivity (Wildman–Crippen MR) is 82.0 cm³/mol. The minimum absolute atomic E-state index is 0.0143. The molecule has 0 unspecified atom stereocenters. The molecule has 0 aliphatic rings. The topological polar surface area (TPSA) is 84.6 Å². The summed E-state index contributed by atoms with van der Waals surface area (Å²) in [7, 11) is 1.41. The van der Waals surface area contributed by atoms with Crippen molar-refractivity contribution in [3.8, 4) is 22.9 Å². The molecule has 0 fully saturated rings. The second kappa shape index (κ2) is 5.07. The lowest BCUT2D eigenvalue weighted by molar-refractivity contribution is 0.374. The normalized spacial score (nSPS) is 10.8. The van der Waals surface area contributed by atoms with Gasteiger partial charge in [0, 0.05) is 6.07 Å². The van der Waals surface area contributed by atoms with Crippen LogP contribution in [0.2, 0.25) is 0 Å². The zero-order valence-electron chi connectivity index (χ0n) is 12.1. The Hall–Kier alpha value is -3.02. The van der Waals surface area contributed by atoms with E-state index in [1.54, 1.807) is 25.1 Å². The summed E-state index contributed by atoms with van der Waals surface area (Å²) >= 11 is 0. The Kier molecular flexibility index (Phi) is 3.21. The molecule has 0 aliphatic carbocycles. The minimum Gasteiger partial charge on any atom is -0.506 e. The number of hydrogen-bond donors (Lipinski definition) is 2. The number of para-hydroxylation sites is 2. The van der Waals surface area contributed by atoms with E-state index in [0.29, 0.717) is 22.4 Å². The van der Waals surface area contributed by atoms with Gasteiger partial charge in [-0.2, -0.15) is 0 Å². The van der Waals surface area contributed by atoms with E-state index in [2.05, 4.69) is 4.98 Å². The van der Waals surface area contributed by atoms with Gasteiger partial charge in [-0.25, -0.2) is 4.98 Å². The van der Waals surface area contributed by atoms with Crippen LogP contribution in [-0.4, -0.2) is 26.9 Å². The molecular formula is C16H14N2O4. The number of methoxy groups -OCH3 is 1. The van der Waals surface area contributed by atoms with Crippen LogP contribution in [0.25, 0.3) is 16.6 Å². The number of ether oxygens (including phenoxy) is 1. The van der Waals surface area contributed by atoms with E-state index in [1.165, 1.54) is 29.9 Å². The predicted octanol–water partition coefficient (Wildman–Crippen LogP) is 2.11. The maximum Gasteiger partial charge on any atom is 0.266 e. The molecule has 0 saturated carbocycles. The van der Waals surface area contributed by atoms with Gasteiger partial charge >= 0.3 is 0 Å². The molecule has 0 atom stereocenters. The summed E-state index contributed by atoms with van der Waals surface area (Å²) in [6.45, 7) is 1.66. The van der Waals surface area contributed by atoms with Gasteiger partial charge in [0.2, 0.25) is 0 Å². The van der Waals surface area contributed by atoms with Gasteiger partial charge in [0.25, 0.3) is 5.56 Å². The molecule has 3 aromatic rings. The number of phenols is 2. The van der Waals surface area contributed by atoms with Crippen molar-refractivity contribution in [1.29, 1.82) is 0 Å². The lowest BCUT2D eigenvalue weighted by Crippen LogP contribution is -2.22. The summed E-state index contributed by atoms with van der Waals surface area (Å²) < 4.78 is 6.36. The van der Waals surface area contributed by atoms with Crippen LogP contribution < -0.4 is 10.3 Å². The van der Waals surface area contributed by atoms with Crippen LogP contribution in [0.4, 0.5) is 0 Å². The van der Waals surface area contributed by atoms with Gasteiger partial charge in [-0.3, -0.25) is 9.36 Å². The molecule has 0 bridgehead atoms. The zero-order chi connectivity index (χ0) is 15.9. The van der Waals surface area contributed by atoms with Crippen molar-refractivity contribution >= 4 is 10.9 Å². The molecule has 2 aromatic carbocycles. The van der Waals surface area contributed by atoms with Gasteiger partial charge in [-0.05, 0) is 25.1 Å². The van der Waals surface area contributed by atoms with E-state index in [9.17, 15) is 15.0 Å². The van der Waals surface area contributed by atoms with Crippen LogP contribution in [0.5, 0.6) is 17.2 Å². The zero-order valence-corrected chi connectivity index (χ0v) is 12.1. The molecular weight excluding hydrogens is 284 g/mol. The lowest BCUT2D eigenvalue weighted by atomic mass is 10.2. The quantitative estimate of drug-likeness (QED) is 0.757. The summed E-state index contributed by atoms with van der Waals surface area (Å²) in [4.78, 5) is 17.1. The molecule has 0 aliphatic heterocycles. The molecule has 1 heterocycles. The van der Waals surface area contributed by atoms with Gasteiger partial charge in [-0.1, -0.05) is 12.1 Å². The fourth-order valence-corrected chi connectivity index (χ4v) is 2.41. The van der Waals surface area contributed by atoms with Gasteiger partial charge in [-0.15, -0.1) is 0 Å². The Labute approximate surface area is 125 Å². The summed E-state index contributed by atoms with van der Waals surface area (Å²) in [5.41, 5.74) is 0.376. The highest BCUT2D eigenvalue weighted by Gasteiger charge is 2.15. The number of aromatic nitrogens is 2. The highest BCUT2D eigenvalue weighted by atomic mass is 16.5. The van der Waals surface area contributed by atoms with Crippen molar-refractivity contribution in [3.05, 3.63) is 52.6 Å². The average Bonchev–Trinajstić information content (AvgIpc) is 2.48. The summed E-state index contributed by atoms with van der Waals surface area (Å²) in [5.74, 6) is 0.504. The van der Waals surface area contributed by atoms with Crippen molar-refractivity contribution in [2.24, 2.45) is 0 Å². The number of hydrogen-bond acceptors (Lipinski definition) is 5. The van der Waals surface area contributed by atoms with Gasteiger partial charge < -0.3 is 14.9 Å². The molecule has 112 valence electrons. The second-order valence-electron chi connectivity index (χ2n) is 4.83. The third-order valence-electron chi connectivity index (χ3n) is 3.46. The van der Waals surface area contributed by atoms with E-state index in [1.807, 2.05) is 0 Å². The van der Waals surface area contributed by atoms with Crippen molar-refractivity contribution < 1.29 is 14.9 Å². The van der Waals surface area contributed by atoms with Crippen LogP contribution >= 0.6 is 0 Å². The van der Waals surface area contributed by atoms with Gasteiger partial charge in [0.05, 0.1) is 23.7 Å². The minimum atomic E-state index is -0.345. The highest BCUT2D eigenvalue weighted by Crippen LogP contribution is 2.29. The van der Waals surface area contributed by atoms with E-state index in [-0.39, 0.29) is 22.8 Å². The summed E-state index contributed by atoms with van der Waals surface area (Å²) in [6.07, 6.45) is 0. The Morgan fingerprint density at radius 2 is 1.86 bits per heavy atom. The van der Waals surface area contributed by atoms with E-state index >= 15 is 0 Å². The smallest absolute Gasteiger partial charge is 0.266 e. The van der Waals surface area contributed by atoms with Gasteiger partial charge in [0.15, 0.2) is 11.5 Å². The Morgan fingerprint density at radius 3 is 2.55 bits per heavy atom. The first kappa shape index (κ1) is 13.9. The fraction of sp³-hybridized carbons (Fsp3) is 0.125. The Balaban J connectivity index is 2.40. The van der Waals surface area contributed by atoms with Crippen LogP contribution in [-0.2, 0) is 0 Å². The van der Waals surface area contributed by atoms with Crippen LogP contribution in [0, 0.1) is 6.92 Å². The van der Waals surface area contributed by atoms with Gasteiger partial charge in [0.1, 0.15) is 11.6 Å². The maximum absolute atomic E-state index is 12.8. The van der Waals surface area contributed by atoms with Crippen LogP contribution in [0.1, 0.15) is 5.82 Å². The Bertz CT molecular complexity index is 931. The third kappa shape index (κ3) is 2.05. The summed E-state index contributed by atoms with van der Waals surface area (Å²) in [5, 5.41) is 20.1. The molecule has 0 saturated heterocycles. The van der Waals surface area contributed by atoms with Crippen LogP contribution in [0.3, 0.4) is 0 Å². The van der Waals surface area contributed by atoms with E-state index < -0.39 is 0 Å². The molecule has 1 aromatic heterocycles. The first-order valence-corrected chi connectivity index (χ1v) is 6.61. The largest absolute Gasteiger partial charge is 0.506 e.